The van der Waals surface area contributed by atoms with Crippen LogP contribution < -0.4 is 5.32 Å². The second-order valence-electron chi connectivity index (χ2n) is 2.99. The Morgan fingerprint density at radius 3 is 2.53 bits per heavy atom. The van der Waals surface area contributed by atoms with Crippen molar-refractivity contribution in [1.29, 1.82) is 0 Å². The van der Waals surface area contributed by atoms with Crippen LogP contribution in [-0.2, 0) is 9.59 Å². The van der Waals surface area contributed by atoms with Gasteiger partial charge < -0.3 is 10.4 Å². The number of carbonyl (C=O) groups excluding carboxylic acids is 1. The molecule has 1 heterocycles. The van der Waals surface area contributed by atoms with Crippen molar-refractivity contribution >= 4 is 29.3 Å². The fourth-order valence-corrected chi connectivity index (χ4v) is 1.83. The van der Waals surface area contributed by atoms with Crippen molar-refractivity contribution in [3.63, 3.8) is 0 Å². The second-order valence-corrected chi connectivity index (χ2v) is 4.31. The number of hydrogen-bond acceptors (Lipinski definition) is 3. The number of carbonyl (C=O) groups is 2. The molecule has 0 aliphatic rings. The van der Waals surface area contributed by atoms with Gasteiger partial charge >= 0.3 is 5.97 Å². The molecule has 4 nitrogen and oxygen atoms in total. The standard InChI is InChI=1S/C10H11NO3S/c1-6-3-4-8(15-6)5-9(10(13)14)11-7(2)12/h3-5H,1-2H3,(H,11,12)(H,13,14)/b9-5-. The molecule has 0 aliphatic carbocycles. The summed E-state index contributed by atoms with van der Waals surface area (Å²) in [5, 5.41) is 11.1. The van der Waals surface area contributed by atoms with E-state index in [9.17, 15) is 9.59 Å². The van der Waals surface area contributed by atoms with Gasteiger partial charge in [0.25, 0.3) is 0 Å². The van der Waals surface area contributed by atoms with Crippen molar-refractivity contribution in [2.24, 2.45) is 0 Å². The van der Waals surface area contributed by atoms with Crippen molar-refractivity contribution in [2.75, 3.05) is 0 Å². The Hall–Kier alpha value is -1.62. The van der Waals surface area contributed by atoms with Crippen LogP contribution in [0.2, 0.25) is 0 Å². The molecule has 0 saturated carbocycles. The van der Waals surface area contributed by atoms with Crippen LogP contribution in [0.1, 0.15) is 16.7 Å². The summed E-state index contributed by atoms with van der Waals surface area (Å²) in [4.78, 5) is 23.4. The van der Waals surface area contributed by atoms with E-state index in [1.54, 1.807) is 0 Å². The average molecular weight is 225 g/mol. The van der Waals surface area contributed by atoms with Crippen LogP contribution >= 0.6 is 11.3 Å². The molecule has 0 atom stereocenters. The molecule has 15 heavy (non-hydrogen) atoms. The van der Waals surface area contributed by atoms with Crippen LogP contribution in [0.4, 0.5) is 0 Å². The first-order valence-electron chi connectivity index (χ1n) is 4.28. The Kier molecular flexibility index (Phi) is 3.62. The molecule has 0 radical (unpaired) electrons. The van der Waals surface area contributed by atoms with E-state index in [0.29, 0.717) is 0 Å². The number of hydrogen-bond donors (Lipinski definition) is 2. The Bertz CT molecular complexity index is 420. The van der Waals surface area contributed by atoms with E-state index in [2.05, 4.69) is 5.32 Å². The van der Waals surface area contributed by atoms with Crippen molar-refractivity contribution < 1.29 is 14.7 Å². The van der Waals surface area contributed by atoms with Crippen molar-refractivity contribution in [3.05, 3.63) is 27.6 Å². The lowest BCUT2D eigenvalue weighted by Crippen LogP contribution is -2.24. The van der Waals surface area contributed by atoms with Gasteiger partial charge in [-0.25, -0.2) is 4.79 Å². The maximum absolute atomic E-state index is 10.8. The summed E-state index contributed by atoms with van der Waals surface area (Å²) in [6, 6.07) is 3.70. The Balaban J connectivity index is 2.93. The summed E-state index contributed by atoms with van der Waals surface area (Å²) in [6.45, 7) is 3.21. The molecule has 0 saturated heterocycles. The zero-order valence-electron chi connectivity index (χ0n) is 8.40. The topological polar surface area (TPSA) is 66.4 Å². The zero-order chi connectivity index (χ0) is 11.4. The quantitative estimate of drug-likeness (QED) is 0.768. The van der Waals surface area contributed by atoms with E-state index in [1.807, 2.05) is 19.1 Å². The van der Waals surface area contributed by atoms with Crippen LogP contribution in [0, 0.1) is 6.92 Å². The molecule has 5 heteroatoms. The number of aliphatic carboxylic acids is 1. The maximum atomic E-state index is 10.8. The zero-order valence-corrected chi connectivity index (χ0v) is 9.22. The number of aryl methyl sites for hydroxylation is 1. The monoisotopic (exact) mass is 225 g/mol. The first-order valence-corrected chi connectivity index (χ1v) is 5.09. The molecular weight excluding hydrogens is 214 g/mol. The van der Waals surface area contributed by atoms with Crippen molar-refractivity contribution in [3.8, 4) is 0 Å². The van der Waals surface area contributed by atoms with Gasteiger partial charge in [0.1, 0.15) is 5.70 Å². The van der Waals surface area contributed by atoms with E-state index in [4.69, 9.17) is 5.11 Å². The van der Waals surface area contributed by atoms with Gasteiger partial charge in [-0.1, -0.05) is 0 Å². The van der Waals surface area contributed by atoms with Crippen LogP contribution in [0.3, 0.4) is 0 Å². The first kappa shape index (κ1) is 11.5. The average Bonchev–Trinajstić information content (AvgIpc) is 2.49. The van der Waals surface area contributed by atoms with E-state index < -0.39 is 11.9 Å². The molecular formula is C10H11NO3S. The van der Waals surface area contributed by atoms with E-state index in [1.165, 1.54) is 24.3 Å². The van der Waals surface area contributed by atoms with Gasteiger partial charge in [0.05, 0.1) is 0 Å². The fraction of sp³-hybridized carbons (Fsp3) is 0.200. The number of carboxylic acids is 1. The normalized spacial score (nSPS) is 11.2. The number of thiophene rings is 1. The highest BCUT2D eigenvalue weighted by atomic mass is 32.1. The molecule has 1 aromatic rings. The molecule has 1 aromatic heterocycles. The first-order chi connectivity index (χ1) is 6.99. The summed E-state index contributed by atoms with van der Waals surface area (Å²) in [5.74, 6) is -1.53. The summed E-state index contributed by atoms with van der Waals surface area (Å²) < 4.78 is 0. The Morgan fingerprint density at radius 2 is 2.13 bits per heavy atom. The smallest absolute Gasteiger partial charge is 0.352 e. The van der Waals surface area contributed by atoms with Crippen LogP contribution in [-0.4, -0.2) is 17.0 Å². The van der Waals surface area contributed by atoms with Gasteiger partial charge in [-0.3, -0.25) is 4.79 Å². The van der Waals surface area contributed by atoms with E-state index >= 15 is 0 Å². The second kappa shape index (κ2) is 4.75. The molecule has 2 N–H and O–H groups in total. The van der Waals surface area contributed by atoms with Crippen LogP contribution in [0.5, 0.6) is 0 Å². The number of amides is 1. The molecule has 80 valence electrons. The van der Waals surface area contributed by atoms with Gasteiger partial charge in [0, 0.05) is 16.7 Å². The molecule has 0 aliphatic heterocycles. The van der Waals surface area contributed by atoms with E-state index in [0.717, 1.165) is 9.75 Å². The molecule has 0 fully saturated rings. The minimum absolute atomic E-state index is 0.107. The summed E-state index contributed by atoms with van der Waals surface area (Å²) >= 11 is 1.47. The molecule has 0 aromatic carbocycles. The molecule has 0 bridgehead atoms. The third-order valence-corrected chi connectivity index (χ3v) is 2.54. The molecule has 0 spiro atoms. The number of carboxylic acid groups (broad SMARTS) is 1. The summed E-state index contributed by atoms with van der Waals surface area (Å²) in [5.41, 5.74) is -0.107. The third kappa shape index (κ3) is 3.55. The van der Waals surface area contributed by atoms with Crippen LogP contribution in [0.25, 0.3) is 6.08 Å². The predicted octanol–water partition coefficient (Wildman–Crippen LogP) is 1.62. The summed E-state index contributed by atoms with van der Waals surface area (Å²) in [6.07, 6.45) is 1.45. The SMILES string of the molecule is CC(=O)N/C(=C\c1ccc(C)s1)C(=O)O. The lowest BCUT2D eigenvalue weighted by Gasteiger charge is -2.01. The molecule has 0 unspecified atom stereocenters. The number of rotatable bonds is 3. The van der Waals surface area contributed by atoms with Crippen molar-refractivity contribution in [1.82, 2.24) is 5.32 Å². The lowest BCUT2D eigenvalue weighted by molar-refractivity contribution is -0.134. The van der Waals surface area contributed by atoms with Gasteiger partial charge in [-0.15, -0.1) is 11.3 Å². The largest absolute Gasteiger partial charge is 0.477 e. The molecule has 1 amide bonds. The van der Waals surface area contributed by atoms with Gasteiger partial charge in [-0.05, 0) is 25.1 Å². The Morgan fingerprint density at radius 1 is 1.47 bits per heavy atom. The maximum Gasteiger partial charge on any atom is 0.352 e. The van der Waals surface area contributed by atoms with E-state index in [-0.39, 0.29) is 5.70 Å². The fourth-order valence-electron chi connectivity index (χ4n) is 1.01. The highest BCUT2D eigenvalue weighted by Crippen LogP contribution is 2.17. The minimum atomic E-state index is -1.14. The Labute approximate surface area is 91.2 Å². The number of nitrogens with one attached hydrogen (secondary N) is 1. The van der Waals surface area contributed by atoms with Crippen molar-refractivity contribution in [2.45, 2.75) is 13.8 Å². The highest BCUT2D eigenvalue weighted by Gasteiger charge is 2.09. The highest BCUT2D eigenvalue weighted by molar-refractivity contribution is 7.12. The predicted molar refractivity (Wildman–Crippen MR) is 58.5 cm³/mol. The van der Waals surface area contributed by atoms with Gasteiger partial charge in [0.2, 0.25) is 5.91 Å². The minimum Gasteiger partial charge on any atom is -0.477 e. The third-order valence-electron chi connectivity index (χ3n) is 1.59. The van der Waals surface area contributed by atoms with Gasteiger partial charge in [0.15, 0.2) is 0 Å². The van der Waals surface area contributed by atoms with Crippen LogP contribution in [0.15, 0.2) is 17.8 Å². The lowest BCUT2D eigenvalue weighted by atomic mass is 10.3. The summed E-state index contributed by atoms with van der Waals surface area (Å²) in [7, 11) is 0. The van der Waals surface area contributed by atoms with Gasteiger partial charge in [-0.2, -0.15) is 0 Å². The molecule has 1 rings (SSSR count).